The highest BCUT2D eigenvalue weighted by atomic mass is 19.1. The zero-order valence-electron chi connectivity index (χ0n) is 16.3. The lowest BCUT2D eigenvalue weighted by Gasteiger charge is -2.20. The zero-order valence-corrected chi connectivity index (χ0v) is 16.3. The molecule has 5 nitrogen and oxygen atoms in total. The molecule has 0 aromatic heterocycles. The Hall–Kier alpha value is -2.89. The second-order valence-electron chi connectivity index (χ2n) is 7.28. The molecule has 28 heavy (non-hydrogen) atoms. The van der Waals surface area contributed by atoms with E-state index in [0.29, 0.717) is 11.4 Å². The lowest BCUT2D eigenvalue weighted by atomic mass is 10.0. The van der Waals surface area contributed by atoms with Crippen molar-refractivity contribution in [2.24, 2.45) is 0 Å². The molecule has 0 spiro atoms. The Bertz CT molecular complexity index is 845. The van der Waals surface area contributed by atoms with Gasteiger partial charge in [-0.1, -0.05) is 29.8 Å². The molecule has 1 fully saturated rings. The number of halogens is 1. The van der Waals surface area contributed by atoms with E-state index in [0.717, 1.165) is 37.1 Å². The Balaban J connectivity index is 1.67. The van der Waals surface area contributed by atoms with Gasteiger partial charge >= 0.3 is 0 Å². The summed E-state index contributed by atoms with van der Waals surface area (Å²) in [6.07, 6.45) is 2.21. The first-order valence-electron chi connectivity index (χ1n) is 9.60. The summed E-state index contributed by atoms with van der Waals surface area (Å²) in [7, 11) is 0. The van der Waals surface area contributed by atoms with Crippen LogP contribution in [0.5, 0.6) is 0 Å². The third kappa shape index (κ3) is 5.09. The van der Waals surface area contributed by atoms with Gasteiger partial charge in [0, 0.05) is 25.7 Å². The Morgan fingerprint density at radius 3 is 2.39 bits per heavy atom. The average molecular weight is 383 g/mol. The van der Waals surface area contributed by atoms with Gasteiger partial charge in [-0.3, -0.25) is 9.59 Å². The van der Waals surface area contributed by atoms with Gasteiger partial charge < -0.3 is 15.5 Å². The predicted molar refractivity (Wildman–Crippen MR) is 109 cm³/mol. The molecule has 6 heteroatoms. The number of nitrogens with one attached hydrogen (secondary N) is 2. The van der Waals surface area contributed by atoms with Crippen LogP contribution in [0.15, 0.2) is 42.5 Å². The van der Waals surface area contributed by atoms with Gasteiger partial charge in [0.25, 0.3) is 0 Å². The third-order valence-electron chi connectivity index (χ3n) is 4.92. The van der Waals surface area contributed by atoms with Crippen LogP contribution in [0.2, 0.25) is 0 Å². The Morgan fingerprint density at radius 1 is 1.11 bits per heavy atom. The second kappa shape index (κ2) is 8.87. The minimum atomic E-state index is -0.438. The van der Waals surface area contributed by atoms with Crippen LogP contribution in [0, 0.1) is 12.7 Å². The summed E-state index contributed by atoms with van der Waals surface area (Å²) < 4.78 is 14.4. The van der Waals surface area contributed by atoms with Gasteiger partial charge in [-0.25, -0.2) is 4.39 Å². The van der Waals surface area contributed by atoms with Gasteiger partial charge in [0.2, 0.25) is 11.8 Å². The third-order valence-corrected chi connectivity index (χ3v) is 4.92. The van der Waals surface area contributed by atoms with Crippen molar-refractivity contribution in [1.82, 2.24) is 5.32 Å². The number of nitrogens with zero attached hydrogens (tertiary/aromatic N) is 1. The fraction of sp³-hybridized carbons (Fsp3) is 0.364. The molecule has 1 aliphatic rings. The highest BCUT2D eigenvalue weighted by molar-refractivity contribution is 5.91. The molecule has 1 atom stereocenters. The molecule has 2 aromatic rings. The molecule has 0 aliphatic carbocycles. The monoisotopic (exact) mass is 383 g/mol. The van der Waals surface area contributed by atoms with Gasteiger partial charge in [-0.05, 0) is 43.5 Å². The van der Waals surface area contributed by atoms with Crippen LogP contribution in [0.4, 0.5) is 15.8 Å². The molecule has 2 N–H and O–H groups in total. The van der Waals surface area contributed by atoms with E-state index in [2.05, 4.69) is 10.6 Å². The van der Waals surface area contributed by atoms with E-state index in [9.17, 15) is 14.0 Å². The van der Waals surface area contributed by atoms with Gasteiger partial charge in [0.15, 0.2) is 0 Å². The first-order chi connectivity index (χ1) is 13.4. The Morgan fingerprint density at radius 2 is 1.79 bits per heavy atom. The fourth-order valence-corrected chi connectivity index (χ4v) is 3.49. The topological polar surface area (TPSA) is 61.4 Å². The van der Waals surface area contributed by atoms with Crippen molar-refractivity contribution in [2.75, 3.05) is 23.3 Å². The quantitative estimate of drug-likeness (QED) is 0.794. The number of carbonyl (C=O) groups is 2. The lowest BCUT2D eigenvalue weighted by molar-refractivity contribution is -0.120. The van der Waals surface area contributed by atoms with E-state index in [4.69, 9.17) is 0 Å². The summed E-state index contributed by atoms with van der Waals surface area (Å²) in [6.45, 7) is 5.12. The van der Waals surface area contributed by atoms with E-state index in [1.807, 2.05) is 36.1 Å². The first-order valence-corrected chi connectivity index (χ1v) is 9.60. The van der Waals surface area contributed by atoms with E-state index >= 15 is 0 Å². The van der Waals surface area contributed by atoms with Crippen molar-refractivity contribution in [1.29, 1.82) is 0 Å². The molecule has 2 amide bonds. The van der Waals surface area contributed by atoms with Gasteiger partial charge in [-0.15, -0.1) is 0 Å². The van der Waals surface area contributed by atoms with Crippen molar-refractivity contribution < 1.29 is 14.0 Å². The van der Waals surface area contributed by atoms with Gasteiger partial charge in [-0.2, -0.15) is 0 Å². The number of carbonyl (C=O) groups excluding carboxylic acids is 2. The van der Waals surface area contributed by atoms with Gasteiger partial charge in [0.05, 0.1) is 18.2 Å². The van der Waals surface area contributed by atoms with E-state index in [1.54, 1.807) is 12.1 Å². The Labute approximate surface area is 164 Å². The summed E-state index contributed by atoms with van der Waals surface area (Å²) >= 11 is 0. The van der Waals surface area contributed by atoms with Crippen LogP contribution in [-0.2, 0) is 9.59 Å². The first kappa shape index (κ1) is 19.9. The van der Waals surface area contributed by atoms with Crippen molar-refractivity contribution in [3.63, 3.8) is 0 Å². The molecule has 3 rings (SSSR count). The van der Waals surface area contributed by atoms with Crippen molar-refractivity contribution in [3.05, 3.63) is 59.4 Å². The normalized spacial score (nSPS) is 14.6. The summed E-state index contributed by atoms with van der Waals surface area (Å²) in [5.74, 6) is -0.830. The number of hydrogen-bond acceptors (Lipinski definition) is 3. The summed E-state index contributed by atoms with van der Waals surface area (Å²) in [5.41, 5.74) is 2.94. The van der Waals surface area contributed by atoms with Crippen LogP contribution in [-0.4, -0.2) is 24.9 Å². The molecule has 0 saturated carbocycles. The minimum absolute atomic E-state index is 0.0676. The minimum Gasteiger partial charge on any atom is -0.369 e. The molecule has 1 heterocycles. The van der Waals surface area contributed by atoms with Crippen LogP contribution in [0.3, 0.4) is 0 Å². The van der Waals surface area contributed by atoms with Crippen LogP contribution >= 0.6 is 0 Å². The summed E-state index contributed by atoms with van der Waals surface area (Å²) in [6, 6.07) is 12.0. The standard InChI is InChI=1S/C22H26FN3O2/c1-15-5-7-17(8-6-15)20(24-16(2)27)14-22(28)25-18-9-10-21(19(23)13-18)26-11-3-4-12-26/h5-10,13,20H,3-4,11-12,14H2,1-2H3,(H,24,27)(H,25,28). The van der Waals surface area contributed by atoms with Crippen molar-refractivity contribution in [3.8, 4) is 0 Å². The fourth-order valence-electron chi connectivity index (χ4n) is 3.49. The van der Waals surface area contributed by atoms with Crippen molar-refractivity contribution in [2.45, 2.75) is 39.2 Å². The average Bonchev–Trinajstić information content (AvgIpc) is 3.16. The molecular weight excluding hydrogens is 357 g/mol. The van der Waals surface area contributed by atoms with Crippen LogP contribution in [0.25, 0.3) is 0 Å². The lowest BCUT2D eigenvalue weighted by Crippen LogP contribution is -2.29. The summed E-state index contributed by atoms with van der Waals surface area (Å²) in [5, 5.41) is 5.55. The largest absolute Gasteiger partial charge is 0.369 e. The SMILES string of the molecule is CC(=O)NC(CC(=O)Nc1ccc(N2CCCC2)c(F)c1)c1ccc(C)cc1. The predicted octanol–water partition coefficient (Wildman–Crippen LogP) is 3.94. The molecule has 2 aromatic carbocycles. The number of rotatable bonds is 6. The molecule has 0 bridgehead atoms. The van der Waals surface area contributed by atoms with Crippen LogP contribution < -0.4 is 15.5 Å². The molecule has 1 unspecified atom stereocenters. The smallest absolute Gasteiger partial charge is 0.226 e. The molecule has 0 radical (unpaired) electrons. The van der Waals surface area contributed by atoms with E-state index in [1.165, 1.54) is 13.0 Å². The van der Waals surface area contributed by atoms with Gasteiger partial charge in [0.1, 0.15) is 5.82 Å². The number of aryl methyl sites for hydroxylation is 1. The number of anilines is 2. The molecule has 1 saturated heterocycles. The highest BCUT2D eigenvalue weighted by Gasteiger charge is 2.19. The molecule has 148 valence electrons. The maximum absolute atomic E-state index is 14.4. The molecular formula is C22H26FN3O2. The van der Waals surface area contributed by atoms with Crippen LogP contribution in [0.1, 0.15) is 43.4 Å². The maximum Gasteiger partial charge on any atom is 0.226 e. The Kier molecular flexibility index (Phi) is 6.29. The zero-order chi connectivity index (χ0) is 20.1. The van der Waals surface area contributed by atoms with E-state index < -0.39 is 6.04 Å². The maximum atomic E-state index is 14.4. The number of hydrogen-bond donors (Lipinski definition) is 2. The highest BCUT2D eigenvalue weighted by Crippen LogP contribution is 2.26. The van der Waals surface area contributed by atoms with Crippen molar-refractivity contribution >= 4 is 23.2 Å². The second-order valence-corrected chi connectivity index (χ2v) is 7.28. The number of benzene rings is 2. The molecule has 1 aliphatic heterocycles. The van der Waals surface area contributed by atoms with E-state index in [-0.39, 0.29) is 24.1 Å². The number of amides is 2. The summed E-state index contributed by atoms with van der Waals surface area (Å²) in [4.78, 5) is 26.1.